The van der Waals surface area contributed by atoms with Gasteiger partial charge >= 0.3 is 0 Å². The molecule has 0 bridgehead atoms. The third kappa shape index (κ3) is 3.47. The molecular formula is C15H24N2O2. The van der Waals surface area contributed by atoms with Gasteiger partial charge in [-0.1, -0.05) is 12.1 Å². The number of hydrogen-bond donors (Lipinski definition) is 2. The zero-order valence-electron chi connectivity index (χ0n) is 11.8. The van der Waals surface area contributed by atoms with Crippen LogP contribution in [0, 0.1) is 0 Å². The normalized spacial score (nSPS) is 19.3. The zero-order chi connectivity index (χ0) is 13.9. The van der Waals surface area contributed by atoms with Crippen molar-refractivity contribution in [3.63, 3.8) is 0 Å². The van der Waals surface area contributed by atoms with E-state index in [1.54, 1.807) is 12.1 Å². The molecule has 1 fully saturated rings. The van der Waals surface area contributed by atoms with Crippen LogP contribution < -0.4 is 5.73 Å². The summed E-state index contributed by atoms with van der Waals surface area (Å²) in [7, 11) is 0. The number of phenols is 1. The van der Waals surface area contributed by atoms with Crippen LogP contribution in [0.25, 0.3) is 0 Å². The molecule has 106 valence electrons. The lowest BCUT2D eigenvalue weighted by molar-refractivity contribution is -0.0186. The first-order valence-electron chi connectivity index (χ1n) is 6.86. The Morgan fingerprint density at radius 3 is 2.42 bits per heavy atom. The second-order valence-corrected chi connectivity index (χ2v) is 5.73. The first kappa shape index (κ1) is 14.3. The third-order valence-electron chi connectivity index (χ3n) is 4.13. The Balaban J connectivity index is 2.00. The predicted octanol–water partition coefficient (Wildman–Crippen LogP) is 1.37. The largest absolute Gasteiger partial charge is 0.508 e. The smallest absolute Gasteiger partial charge is 0.115 e. The van der Waals surface area contributed by atoms with E-state index in [9.17, 15) is 5.11 Å². The van der Waals surface area contributed by atoms with E-state index in [4.69, 9.17) is 10.5 Å². The molecule has 1 heterocycles. The Morgan fingerprint density at radius 2 is 1.84 bits per heavy atom. The second kappa shape index (κ2) is 5.90. The van der Waals surface area contributed by atoms with E-state index in [2.05, 4.69) is 18.7 Å². The fourth-order valence-electron chi connectivity index (χ4n) is 2.51. The summed E-state index contributed by atoms with van der Waals surface area (Å²) in [5, 5.41) is 9.30. The van der Waals surface area contributed by atoms with Gasteiger partial charge in [-0.2, -0.15) is 0 Å². The molecule has 0 spiro atoms. The van der Waals surface area contributed by atoms with Crippen molar-refractivity contribution in [2.24, 2.45) is 5.73 Å². The van der Waals surface area contributed by atoms with Crippen molar-refractivity contribution in [3.8, 4) is 5.75 Å². The number of hydrogen-bond acceptors (Lipinski definition) is 4. The molecule has 1 atom stereocenters. The predicted molar refractivity (Wildman–Crippen MR) is 76.3 cm³/mol. The molecule has 1 aliphatic heterocycles. The molecule has 1 saturated heterocycles. The van der Waals surface area contributed by atoms with E-state index in [1.807, 2.05) is 12.1 Å². The molecule has 4 nitrogen and oxygen atoms in total. The van der Waals surface area contributed by atoms with Gasteiger partial charge in [0.05, 0.1) is 13.2 Å². The Morgan fingerprint density at radius 1 is 1.26 bits per heavy atom. The minimum atomic E-state index is -0.0539. The van der Waals surface area contributed by atoms with Crippen LogP contribution in [0.2, 0.25) is 0 Å². The molecule has 1 aromatic carbocycles. The average Bonchev–Trinajstić information content (AvgIpc) is 2.42. The quantitative estimate of drug-likeness (QED) is 0.862. The Bertz CT molecular complexity index is 397. The molecule has 1 unspecified atom stereocenters. The second-order valence-electron chi connectivity index (χ2n) is 5.73. The first-order chi connectivity index (χ1) is 9.00. The molecule has 0 amide bonds. The van der Waals surface area contributed by atoms with Crippen molar-refractivity contribution in [2.75, 3.05) is 26.3 Å². The third-order valence-corrected chi connectivity index (χ3v) is 4.13. The van der Waals surface area contributed by atoms with Gasteiger partial charge in [-0.05, 0) is 38.0 Å². The summed E-state index contributed by atoms with van der Waals surface area (Å²) in [6, 6.07) is 7.35. The SMILES string of the molecule is CC(C)(C(N)Cc1ccc(O)cc1)N1CCOCC1. The van der Waals surface area contributed by atoms with E-state index >= 15 is 0 Å². The highest BCUT2D eigenvalue weighted by molar-refractivity contribution is 5.26. The highest BCUT2D eigenvalue weighted by Crippen LogP contribution is 2.22. The average molecular weight is 264 g/mol. The lowest BCUT2D eigenvalue weighted by atomic mass is 9.88. The van der Waals surface area contributed by atoms with Gasteiger partial charge in [0.25, 0.3) is 0 Å². The Hall–Kier alpha value is -1.10. The number of ether oxygens (including phenoxy) is 1. The number of rotatable bonds is 4. The fourth-order valence-corrected chi connectivity index (χ4v) is 2.51. The van der Waals surface area contributed by atoms with Gasteiger partial charge in [0, 0.05) is 24.7 Å². The Labute approximate surface area is 115 Å². The van der Waals surface area contributed by atoms with Crippen LogP contribution in [0.5, 0.6) is 5.75 Å². The van der Waals surface area contributed by atoms with Crippen molar-refractivity contribution in [1.29, 1.82) is 0 Å². The number of benzene rings is 1. The molecule has 0 aliphatic carbocycles. The topological polar surface area (TPSA) is 58.7 Å². The van der Waals surface area contributed by atoms with Crippen molar-refractivity contribution >= 4 is 0 Å². The first-order valence-corrected chi connectivity index (χ1v) is 6.86. The van der Waals surface area contributed by atoms with Crippen LogP contribution in [-0.4, -0.2) is 47.9 Å². The van der Waals surface area contributed by atoms with Crippen molar-refractivity contribution < 1.29 is 9.84 Å². The molecule has 1 aromatic rings. The maximum atomic E-state index is 9.30. The summed E-state index contributed by atoms with van der Waals surface area (Å²) >= 11 is 0. The van der Waals surface area contributed by atoms with Crippen LogP contribution in [0.4, 0.5) is 0 Å². The standard InChI is InChI=1S/C15H24N2O2/c1-15(2,17-7-9-19-10-8-17)14(16)11-12-3-5-13(18)6-4-12/h3-6,14,18H,7-11,16H2,1-2H3. The molecular weight excluding hydrogens is 240 g/mol. The van der Waals surface area contributed by atoms with Crippen molar-refractivity contribution in [3.05, 3.63) is 29.8 Å². The van der Waals surface area contributed by atoms with Gasteiger partial charge in [-0.3, -0.25) is 4.90 Å². The van der Waals surface area contributed by atoms with E-state index in [-0.39, 0.29) is 11.6 Å². The monoisotopic (exact) mass is 264 g/mol. The number of nitrogens with two attached hydrogens (primary N) is 1. The van der Waals surface area contributed by atoms with E-state index in [0.717, 1.165) is 38.3 Å². The van der Waals surface area contributed by atoms with E-state index < -0.39 is 0 Å². The van der Waals surface area contributed by atoms with Crippen LogP contribution in [0.15, 0.2) is 24.3 Å². The number of nitrogens with zero attached hydrogens (tertiary/aromatic N) is 1. The van der Waals surface area contributed by atoms with Crippen molar-refractivity contribution in [1.82, 2.24) is 4.90 Å². The molecule has 3 N–H and O–H groups in total. The van der Waals surface area contributed by atoms with E-state index in [0.29, 0.717) is 5.75 Å². The summed E-state index contributed by atoms with van der Waals surface area (Å²) < 4.78 is 5.40. The van der Waals surface area contributed by atoms with Gasteiger partial charge < -0.3 is 15.6 Å². The van der Waals surface area contributed by atoms with Crippen LogP contribution >= 0.6 is 0 Å². The lowest BCUT2D eigenvalue weighted by Crippen LogP contribution is -2.59. The van der Waals surface area contributed by atoms with Gasteiger partial charge in [0.15, 0.2) is 0 Å². The Kier molecular flexibility index (Phi) is 4.45. The molecule has 1 aliphatic rings. The molecule has 0 radical (unpaired) electrons. The zero-order valence-corrected chi connectivity index (χ0v) is 11.8. The molecule has 0 aromatic heterocycles. The molecule has 0 saturated carbocycles. The number of morpholine rings is 1. The minimum absolute atomic E-state index is 0.0511. The molecule has 4 heteroatoms. The minimum Gasteiger partial charge on any atom is -0.508 e. The van der Waals surface area contributed by atoms with Crippen LogP contribution in [0.1, 0.15) is 19.4 Å². The van der Waals surface area contributed by atoms with Crippen molar-refractivity contribution in [2.45, 2.75) is 31.8 Å². The van der Waals surface area contributed by atoms with E-state index in [1.165, 1.54) is 0 Å². The summed E-state index contributed by atoms with van der Waals surface area (Å²) in [6.07, 6.45) is 0.810. The fraction of sp³-hybridized carbons (Fsp3) is 0.600. The number of phenolic OH excluding ortho intramolecular Hbond substituents is 1. The maximum Gasteiger partial charge on any atom is 0.115 e. The maximum absolute atomic E-state index is 9.30. The van der Waals surface area contributed by atoms with Gasteiger partial charge in [0.1, 0.15) is 5.75 Å². The molecule has 2 rings (SSSR count). The highest BCUT2D eigenvalue weighted by atomic mass is 16.5. The van der Waals surface area contributed by atoms with Gasteiger partial charge in [-0.25, -0.2) is 0 Å². The summed E-state index contributed by atoms with van der Waals surface area (Å²) in [4.78, 5) is 2.40. The summed E-state index contributed by atoms with van der Waals surface area (Å²) in [5.74, 6) is 0.296. The van der Waals surface area contributed by atoms with Gasteiger partial charge in [-0.15, -0.1) is 0 Å². The lowest BCUT2D eigenvalue weighted by Gasteiger charge is -2.44. The summed E-state index contributed by atoms with van der Waals surface area (Å²) in [6.45, 7) is 7.85. The summed E-state index contributed by atoms with van der Waals surface area (Å²) in [5.41, 5.74) is 7.51. The highest BCUT2D eigenvalue weighted by Gasteiger charge is 2.33. The number of aromatic hydroxyl groups is 1. The van der Waals surface area contributed by atoms with Gasteiger partial charge in [0.2, 0.25) is 0 Å². The molecule has 19 heavy (non-hydrogen) atoms. The van der Waals surface area contributed by atoms with Crippen LogP contribution in [0.3, 0.4) is 0 Å². The van der Waals surface area contributed by atoms with Crippen LogP contribution in [-0.2, 0) is 11.2 Å².